The van der Waals surface area contributed by atoms with Crippen LogP contribution in [-0.2, 0) is 0 Å². The summed E-state index contributed by atoms with van der Waals surface area (Å²) in [6, 6.07) is 8.29. The second-order valence-corrected chi connectivity index (χ2v) is 4.96. The van der Waals surface area contributed by atoms with Crippen LogP contribution in [0.5, 0.6) is 0 Å². The van der Waals surface area contributed by atoms with Crippen LogP contribution in [0.25, 0.3) is 22.4 Å². The lowest BCUT2D eigenvalue weighted by Gasteiger charge is -2.05. The topological polar surface area (TPSA) is 64.9 Å². The Morgan fingerprint density at radius 3 is 2.86 bits per heavy atom. The van der Waals surface area contributed by atoms with Gasteiger partial charge in [0, 0.05) is 23.0 Å². The Bertz CT molecular complexity index is 816. The van der Waals surface area contributed by atoms with E-state index in [0.29, 0.717) is 11.3 Å². The van der Waals surface area contributed by atoms with Crippen molar-refractivity contribution in [3.8, 4) is 22.4 Å². The number of rotatable bonds is 2. The summed E-state index contributed by atoms with van der Waals surface area (Å²) in [5.74, 6) is -0.512. The molecule has 0 amide bonds. The lowest BCUT2D eigenvalue weighted by molar-refractivity contribution is 0.439. The van der Waals surface area contributed by atoms with Crippen LogP contribution in [0, 0.1) is 12.7 Å². The number of aromatic nitrogens is 2. The number of hydrogen-bond donors (Lipinski definition) is 1. The predicted octanol–water partition coefficient (Wildman–Crippen LogP) is 4.09. The highest BCUT2D eigenvalue weighted by atomic mass is 35.5. The zero-order valence-electron chi connectivity index (χ0n) is 11.1. The summed E-state index contributed by atoms with van der Waals surface area (Å²) in [7, 11) is 0. The number of nitrogens with two attached hydrogens (primary N) is 1. The summed E-state index contributed by atoms with van der Waals surface area (Å²) in [6.07, 6.45) is 1.65. The number of halogens is 2. The van der Waals surface area contributed by atoms with Crippen molar-refractivity contribution < 1.29 is 8.91 Å². The van der Waals surface area contributed by atoms with Gasteiger partial charge in [-0.15, -0.1) is 0 Å². The fraction of sp³-hybridized carbons (Fsp3) is 0.0667. The maximum absolute atomic E-state index is 14.3. The molecule has 0 saturated carbocycles. The molecule has 0 bridgehead atoms. The minimum atomic E-state index is -0.555. The van der Waals surface area contributed by atoms with Gasteiger partial charge in [-0.25, -0.2) is 4.39 Å². The monoisotopic (exact) mass is 303 g/mol. The van der Waals surface area contributed by atoms with Crippen molar-refractivity contribution in [1.82, 2.24) is 10.1 Å². The van der Waals surface area contributed by atoms with Gasteiger partial charge in [-0.3, -0.25) is 4.98 Å². The largest absolute Gasteiger partial charge is 0.367 e. The molecule has 2 aromatic heterocycles. The maximum atomic E-state index is 14.3. The molecule has 0 spiro atoms. The molecule has 0 aliphatic rings. The van der Waals surface area contributed by atoms with E-state index in [1.165, 1.54) is 6.07 Å². The number of nitrogens with zero attached hydrogens (tertiary/aromatic N) is 2. The van der Waals surface area contributed by atoms with Crippen molar-refractivity contribution in [3.05, 3.63) is 53.1 Å². The zero-order valence-corrected chi connectivity index (χ0v) is 11.9. The van der Waals surface area contributed by atoms with Crippen LogP contribution in [0.2, 0.25) is 5.02 Å². The molecule has 0 aliphatic heterocycles. The van der Waals surface area contributed by atoms with E-state index >= 15 is 0 Å². The van der Waals surface area contributed by atoms with Crippen LogP contribution in [0.1, 0.15) is 5.69 Å². The first kappa shape index (κ1) is 13.6. The number of benzene rings is 1. The van der Waals surface area contributed by atoms with Gasteiger partial charge in [0.1, 0.15) is 11.5 Å². The molecule has 6 heteroatoms. The Hall–Kier alpha value is -2.40. The molecule has 2 N–H and O–H groups in total. The highest BCUT2D eigenvalue weighted by Crippen LogP contribution is 2.38. The van der Waals surface area contributed by atoms with Gasteiger partial charge >= 0.3 is 0 Å². The Morgan fingerprint density at radius 2 is 2.10 bits per heavy atom. The van der Waals surface area contributed by atoms with Crippen LogP contribution in [0.3, 0.4) is 0 Å². The average Bonchev–Trinajstić information content (AvgIpc) is 2.84. The third kappa shape index (κ3) is 2.36. The van der Waals surface area contributed by atoms with Crippen molar-refractivity contribution in [3.63, 3.8) is 0 Å². The zero-order chi connectivity index (χ0) is 15.0. The first-order valence-corrected chi connectivity index (χ1v) is 6.58. The molecule has 0 aliphatic carbocycles. The van der Waals surface area contributed by atoms with E-state index in [1.807, 2.05) is 13.0 Å². The minimum absolute atomic E-state index is 0.0185. The quantitative estimate of drug-likeness (QED) is 0.774. The summed E-state index contributed by atoms with van der Waals surface area (Å²) >= 11 is 5.83. The van der Waals surface area contributed by atoms with Crippen molar-refractivity contribution in [2.45, 2.75) is 6.92 Å². The molecular weight excluding hydrogens is 293 g/mol. The maximum Gasteiger partial charge on any atom is 0.230 e. The van der Waals surface area contributed by atoms with E-state index in [-0.39, 0.29) is 16.5 Å². The Kier molecular flexibility index (Phi) is 3.35. The molecule has 1 aromatic carbocycles. The lowest BCUT2D eigenvalue weighted by atomic mass is 10.0. The van der Waals surface area contributed by atoms with Gasteiger partial charge in [0.25, 0.3) is 0 Å². The number of hydrogen-bond acceptors (Lipinski definition) is 4. The van der Waals surface area contributed by atoms with Crippen molar-refractivity contribution in [1.29, 1.82) is 0 Å². The van der Waals surface area contributed by atoms with Gasteiger partial charge in [0.2, 0.25) is 5.88 Å². The summed E-state index contributed by atoms with van der Waals surface area (Å²) in [4.78, 5) is 4.12. The number of pyridine rings is 1. The van der Waals surface area contributed by atoms with E-state index in [2.05, 4.69) is 10.1 Å². The highest BCUT2D eigenvalue weighted by molar-refractivity contribution is 6.31. The Labute approximate surface area is 125 Å². The molecule has 3 aromatic rings. The predicted molar refractivity (Wildman–Crippen MR) is 79.3 cm³/mol. The third-order valence-electron chi connectivity index (χ3n) is 3.11. The fourth-order valence-electron chi connectivity index (χ4n) is 2.15. The average molecular weight is 304 g/mol. The molecule has 106 valence electrons. The highest BCUT2D eigenvalue weighted by Gasteiger charge is 2.21. The van der Waals surface area contributed by atoms with Gasteiger partial charge in [-0.2, -0.15) is 0 Å². The second kappa shape index (κ2) is 5.18. The second-order valence-electron chi connectivity index (χ2n) is 4.56. The standard InChI is InChI=1S/C15H11ClFN3O/c1-8-7-9(5-6-19-8)14-12(15(18)21-20-14)10-3-2-4-11(16)13(10)17/h2-7H,18H2,1H3. The molecule has 4 nitrogen and oxygen atoms in total. The van der Waals surface area contributed by atoms with E-state index in [4.69, 9.17) is 21.9 Å². The van der Waals surface area contributed by atoms with Gasteiger partial charge in [-0.1, -0.05) is 28.9 Å². The normalized spacial score (nSPS) is 10.8. The summed E-state index contributed by atoms with van der Waals surface area (Å²) in [5.41, 5.74) is 8.47. The molecule has 0 unspecified atom stereocenters. The van der Waals surface area contributed by atoms with E-state index < -0.39 is 5.82 Å². The number of anilines is 1. The number of nitrogen functional groups attached to an aromatic ring is 1. The smallest absolute Gasteiger partial charge is 0.230 e. The van der Waals surface area contributed by atoms with E-state index in [1.54, 1.807) is 24.4 Å². The van der Waals surface area contributed by atoms with E-state index in [9.17, 15) is 4.39 Å². The van der Waals surface area contributed by atoms with Crippen molar-refractivity contribution >= 4 is 17.5 Å². The van der Waals surface area contributed by atoms with Crippen molar-refractivity contribution in [2.24, 2.45) is 0 Å². The molecular formula is C15H11ClFN3O. The SMILES string of the molecule is Cc1cc(-c2noc(N)c2-c2cccc(Cl)c2F)ccn1. The van der Waals surface area contributed by atoms with Crippen LogP contribution in [0.15, 0.2) is 41.1 Å². The van der Waals surface area contributed by atoms with Gasteiger partial charge in [0.05, 0.1) is 10.6 Å². The fourth-order valence-corrected chi connectivity index (χ4v) is 2.32. The first-order chi connectivity index (χ1) is 10.1. The van der Waals surface area contributed by atoms with E-state index in [0.717, 1.165) is 11.3 Å². The molecule has 3 rings (SSSR count). The molecule has 0 radical (unpaired) electrons. The van der Waals surface area contributed by atoms with Gasteiger partial charge < -0.3 is 10.3 Å². The van der Waals surface area contributed by atoms with Gasteiger partial charge in [0.15, 0.2) is 0 Å². The van der Waals surface area contributed by atoms with Crippen molar-refractivity contribution in [2.75, 3.05) is 5.73 Å². The molecule has 0 atom stereocenters. The molecule has 21 heavy (non-hydrogen) atoms. The van der Waals surface area contributed by atoms with Crippen LogP contribution < -0.4 is 5.73 Å². The van der Waals surface area contributed by atoms with Crippen LogP contribution in [0.4, 0.5) is 10.3 Å². The van der Waals surface area contributed by atoms with Crippen LogP contribution in [-0.4, -0.2) is 10.1 Å². The summed E-state index contributed by atoms with van der Waals surface area (Å²) in [6.45, 7) is 1.85. The Balaban J connectivity index is 2.25. The molecule has 0 saturated heterocycles. The van der Waals surface area contributed by atoms with Gasteiger partial charge in [-0.05, 0) is 25.1 Å². The third-order valence-corrected chi connectivity index (χ3v) is 3.40. The molecule has 2 heterocycles. The summed E-state index contributed by atoms with van der Waals surface area (Å²) < 4.78 is 19.3. The lowest BCUT2D eigenvalue weighted by Crippen LogP contribution is -1.92. The number of aryl methyl sites for hydroxylation is 1. The first-order valence-electron chi connectivity index (χ1n) is 6.20. The summed E-state index contributed by atoms with van der Waals surface area (Å²) in [5, 5.41) is 3.96. The Morgan fingerprint density at radius 1 is 1.29 bits per heavy atom. The van der Waals surface area contributed by atoms with Crippen LogP contribution >= 0.6 is 11.6 Å². The molecule has 0 fully saturated rings. The minimum Gasteiger partial charge on any atom is -0.367 e.